The SMILES string of the molecule is CC[C@H](C)[C@H]1OC(=O)[C@H](C(C)C)N(C)C(=O)[C@@H](C(C)C)OC(=O)[C@H](C(C)C)N(C)C(=O)C([C@](C)(O)CC)OC(=O)[C@H](C(C)C)N(C)C1=O. The largest absolute Gasteiger partial charge is 0.450 e. The maximum Gasteiger partial charge on any atom is 0.330 e. The second-order valence-corrected chi connectivity index (χ2v) is 14.8. The van der Waals surface area contributed by atoms with E-state index in [9.17, 15) is 33.9 Å². The van der Waals surface area contributed by atoms with Crippen LogP contribution in [-0.4, -0.2) is 119 Å². The molecule has 1 heterocycles. The first-order valence-corrected chi connectivity index (χ1v) is 17.1. The topological polar surface area (TPSA) is 160 Å². The van der Waals surface area contributed by atoms with Crippen LogP contribution in [0.4, 0.5) is 0 Å². The van der Waals surface area contributed by atoms with Crippen molar-refractivity contribution in [1.29, 1.82) is 0 Å². The van der Waals surface area contributed by atoms with Gasteiger partial charge in [-0.3, -0.25) is 14.4 Å². The standard InChI is InChI=1S/C35H61N3O10/c1-16-22(11)27-30(40)37(14)25(20(7)8)34(44)48-28(35(12,45)17-2)31(41)38(15)24(19(5)6)32(42)46-26(21(9)10)29(39)36(13)23(18(3)4)33(43)47-27/h18-28,45H,16-17H2,1-15H3/t22-,23-,24-,25-,26+,27+,28?,35+/m0/s1. The molecule has 0 aromatic rings. The second-order valence-electron chi connectivity index (χ2n) is 14.8. The number of esters is 3. The number of nitrogens with zero attached hydrogens (tertiary/aromatic N) is 3. The van der Waals surface area contributed by atoms with E-state index in [-0.39, 0.29) is 6.42 Å². The molecule has 1 aliphatic rings. The number of cyclic esters (lactones) is 3. The van der Waals surface area contributed by atoms with Crippen molar-refractivity contribution in [2.24, 2.45) is 29.6 Å². The zero-order valence-electron chi connectivity index (χ0n) is 31.7. The summed E-state index contributed by atoms with van der Waals surface area (Å²) in [5.41, 5.74) is -1.86. The van der Waals surface area contributed by atoms with Crippen LogP contribution < -0.4 is 0 Å². The van der Waals surface area contributed by atoms with Crippen LogP contribution in [-0.2, 0) is 43.0 Å². The van der Waals surface area contributed by atoms with Crippen molar-refractivity contribution in [3.8, 4) is 0 Å². The van der Waals surface area contributed by atoms with Crippen LogP contribution in [0.15, 0.2) is 0 Å². The van der Waals surface area contributed by atoms with Gasteiger partial charge in [-0.2, -0.15) is 0 Å². The van der Waals surface area contributed by atoms with Crippen molar-refractivity contribution in [2.75, 3.05) is 21.1 Å². The molecule has 0 radical (unpaired) electrons. The highest BCUT2D eigenvalue weighted by molar-refractivity contribution is 5.94. The lowest BCUT2D eigenvalue weighted by Gasteiger charge is -2.40. The zero-order valence-corrected chi connectivity index (χ0v) is 31.7. The Hall–Kier alpha value is -3.22. The summed E-state index contributed by atoms with van der Waals surface area (Å²) in [7, 11) is 4.15. The first-order valence-electron chi connectivity index (χ1n) is 17.1. The second kappa shape index (κ2) is 17.4. The highest BCUT2D eigenvalue weighted by Gasteiger charge is 2.48. The van der Waals surface area contributed by atoms with Crippen LogP contribution in [0.3, 0.4) is 0 Å². The van der Waals surface area contributed by atoms with E-state index in [0.717, 1.165) is 9.80 Å². The smallest absolute Gasteiger partial charge is 0.330 e. The minimum absolute atomic E-state index is 0.00174. The maximum absolute atomic E-state index is 14.1. The molecule has 0 aromatic heterocycles. The predicted octanol–water partition coefficient (Wildman–Crippen LogP) is 3.05. The molecule has 1 saturated heterocycles. The van der Waals surface area contributed by atoms with Crippen LogP contribution in [0.5, 0.6) is 0 Å². The minimum Gasteiger partial charge on any atom is -0.450 e. The van der Waals surface area contributed by atoms with E-state index >= 15 is 0 Å². The van der Waals surface area contributed by atoms with Gasteiger partial charge in [-0.05, 0) is 43.4 Å². The summed E-state index contributed by atoms with van der Waals surface area (Å²) in [5.74, 6) is -7.36. The fourth-order valence-electron chi connectivity index (χ4n) is 5.93. The molecule has 0 aliphatic carbocycles. The molecule has 48 heavy (non-hydrogen) atoms. The lowest BCUT2D eigenvalue weighted by atomic mass is 9.92. The van der Waals surface area contributed by atoms with E-state index in [1.165, 1.54) is 33.0 Å². The van der Waals surface area contributed by atoms with Gasteiger partial charge in [-0.25, -0.2) is 14.4 Å². The van der Waals surface area contributed by atoms with Gasteiger partial charge in [0.25, 0.3) is 17.7 Å². The third-order valence-electron chi connectivity index (χ3n) is 9.39. The van der Waals surface area contributed by atoms with Crippen LogP contribution >= 0.6 is 0 Å². The Bertz CT molecular complexity index is 1170. The Balaban J connectivity index is 4.07. The number of hydrogen-bond acceptors (Lipinski definition) is 10. The van der Waals surface area contributed by atoms with Crippen molar-refractivity contribution < 1.29 is 48.1 Å². The summed E-state index contributed by atoms with van der Waals surface area (Å²) in [6.07, 6.45) is -3.97. The van der Waals surface area contributed by atoms with Crippen molar-refractivity contribution in [2.45, 2.75) is 138 Å². The monoisotopic (exact) mass is 683 g/mol. The van der Waals surface area contributed by atoms with E-state index in [2.05, 4.69) is 0 Å². The molecule has 0 aromatic carbocycles. The van der Waals surface area contributed by atoms with Gasteiger partial charge in [0, 0.05) is 27.1 Å². The summed E-state index contributed by atoms with van der Waals surface area (Å²) in [5, 5.41) is 11.3. The number of carbonyl (C=O) groups is 6. The number of likely N-dealkylation sites (N-methyl/N-ethyl adjacent to an activating group) is 3. The highest BCUT2D eigenvalue weighted by Crippen LogP contribution is 2.27. The first-order chi connectivity index (χ1) is 22.0. The number of aliphatic hydroxyl groups is 1. The molecule has 13 heteroatoms. The van der Waals surface area contributed by atoms with Crippen molar-refractivity contribution in [3.63, 3.8) is 0 Å². The third-order valence-corrected chi connectivity index (χ3v) is 9.39. The fourth-order valence-corrected chi connectivity index (χ4v) is 5.93. The molecule has 13 nitrogen and oxygen atoms in total. The summed E-state index contributed by atoms with van der Waals surface area (Å²) >= 11 is 0. The van der Waals surface area contributed by atoms with E-state index in [0.29, 0.717) is 6.42 Å². The van der Waals surface area contributed by atoms with Gasteiger partial charge >= 0.3 is 17.9 Å². The first kappa shape index (κ1) is 42.8. The molecular formula is C35H61N3O10. The molecule has 276 valence electrons. The Labute approximate surface area is 287 Å². The van der Waals surface area contributed by atoms with Gasteiger partial charge in [-0.1, -0.05) is 76.2 Å². The van der Waals surface area contributed by atoms with Gasteiger partial charge in [0.15, 0.2) is 12.2 Å². The van der Waals surface area contributed by atoms with E-state index in [4.69, 9.17) is 14.2 Å². The van der Waals surface area contributed by atoms with Gasteiger partial charge < -0.3 is 34.0 Å². The summed E-state index contributed by atoms with van der Waals surface area (Å²) in [6, 6.07) is -3.62. The number of carbonyl (C=O) groups excluding carboxylic acids is 6. The van der Waals surface area contributed by atoms with Crippen LogP contribution in [0.25, 0.3) is 0 Å². The summed E-state index contributed by atoms with van der Waals surface area (Å²) in [4.78, 5) is 87.2. The predicted molar refractivity (Wildman–Crippen MR) is 179 cm³/mol. The molecule has 0 saturated carbocycles. The lowest BCUT2D eigenvalue weighted by molar-refractivity contribution is -0.188. The molecule has 3 amide bonds. The van der Waals surface area contributed by atoms with Gasteiger partial charge in [-0.15, -0.1) is 0 Å². The third kappa shape index (κ3) is 9.69. The van der Waals surface area contributed by atoms with Crippen molar-refractivity contribution in [3.05, 3.63) is 0 Å². The number of amides is 3. The van der Waals surface area contributed by atoms with Crippen molar-refractivity contribution in [1.82, 2.24) is 14.7 Å². The normalized spacial score (nSPS) is 28.4. The molecule has 1 fully saturated rings. The molecule has 0 spiro atoms. The number of hydrogen-bond donors (Lipinski definition) is 1. The Morgan fingerprint density at radius 1 is 0.583 bits per heavy atom. The summed E-state index contributed by atoms with van der Waals surface area (Å²) in [6.45, 7) is 20.1. The fraction of sp³-hybridized carbons (Fsp3) is 0.829. The number of ether oxygens (including phenoxy) is 3. The van der Waals surface area contributed by atoms with Crippen LogP contribution in [0, 0.1) is 29.6 Å². The molecule has 1 unspecified atom stereocenters. The molecule has 1 rings (SSSR count). The van der Waals surface area contributed by atoms with Crippen molar-refractivity contribution >= 4 is 35.6 Å². The number of rotatable bonds is 8. The summed E-state index contributed by atoms with van der Waals surface area (Å²) < 4.78 is 17.5. The minimum atomic E-state index is -1.86. The quantitative estimate of drug-likeness (QED) is 0.298. The van der Waals surface area contributed by atoms with Gasteiger partial charge in [0.05, 0.1) is 0 Å². The average molecular weight is 684 g/mol. The molecule has 1 aliphatic heterocycles. The van der Waals surface area contributed by atoms with Crippen LogP contribution in [0.1, 0.15) is 95.9 Å². The average Bonchev–Trinajstić information content (AvgIpc) is 2.98. The maximum atomic E-state index is 14.1. The molecule has 8 atom stereocenters. The van der Waals surface area contributed by atoms with E-state index < -0.39 is 107 Å². The Morgan fingerprint density at radius 3 is 1.25 bits per heavy atom. The Morgan fingerprint density at radius 2 is 0.917 bits per heavy atom. The van der Waals surface area contributed by atoms with Gasteiger partial charge in [0.2, 0.25) is 6.10 Å². The molecule has 1 N–H and O–H groups in total. The molecular weight excluding hydrogens is 622 g/mol. The van der Waals surface area contributed by atoms with Gasteiger partial charge in [0.1, 0.15) is 23.7 Å². The molecule has 0 bridgehead atoms. The van der Waals surface area contributed by atoms with E-state index in [1.807, 2.05) is 6.92 Å². The van der Waals surface area contributed by atoms with E-state index in [1.54, 1.807) is 69.2 Å². The Kier molecular flexibility index (Phi) is 15.6. The highest BCUT2D eigenvalue weighted by atomic mass is 16.6. The van der Waals surface area contributed by atoms with Crippen LogP contribution in [0.2, 0.25) is 0 Å². The zero-order chi connectivity index (χ0) is 37.6. The lowest BCUT2D eigenvalue weighted by Crippen LogP contribution is -2.60.